The summed E-state index contributed by atoms with van der Waals surface area (Å²) < 4.78 is 7.43. The topological polar surface area (TPSA) is 22.2 Å². The van der Waals surface area contributed by atoms with Gasteiger partial charge in [0.05, 0.1) is 27.6 Å². The van der Waals surface area contributed by atoms with Crippen molar-refractivity contribution in [2.24, 2.45) is 0 Å². The molecule has 0 aliphatic heterocycles. The van der Waals surface area contributed by atoms with Gasteiger partial charge in [-0.25, -0.2) is 4.98 Å². The molecule has 3 nitrogen and oxygen atoms in total. The highest BCUT2D eigenvalue weighted by Gasteiger charge is 2.22. The molecule has 6 aromatic carbocycles. The molecule has 0 aliphatic carbocycles. The Morgan fingerprint density at radius 3 is 2.07 bits per heavy atom. The van der Waals surface area contributed by atoms with Crippen molar-refractivity contribution >= 4 is 91.7 Å². The number of pyridine rings is 1. The number of rotatable bonds is 1. The van der Waals surface area contributed by atoms with Crippen LogP contribution in [0.2, 0.25) is 0 Å². The lowest BCUT2D eigenvalue weighted by Gasteiger charge is -2.13. The van der Waals surface area contributed by atoms with E-state index >= 15 is 0 Å². The van der Waals surface area contributed by atoms with E-state index in [0.717, 1.165) is 16.7 Å². The summed E-state index contributed by atoms with van der Waals surface area (Å²) in [7, 11) is 0. The molecule has 0 unspecified atom stereocenters. The second-order valence-electron chi connectivity index (χ2n) is 10.8. The minimum Gasteiger partial charge on any atom is -0.309 e. The van der Waals surface area contributed by atoms with E-state index in [1.165, 1.54) is 69.3 Å². The smallest absolute Gasteiger partial charge is 0.146 e. The predicted molar refractivity (Wildman–Crippen MR) is 175 cm³/mol. The standard InChI is InChI=1S/C37H21N3S/c1-2-10-22(11-3-1)39-28-15-7-4-13-25(28)33-30(39)20-21-31-35(33)34-26(37-38-27-14-6-8-16-29(27)40(31)37)19-18-24-23-12-5-9-17-32(23)41-36(24)34/h1-21H. The normalized spacial score (nSPS) is 12.4. The van der Waals surface area contributed by atoms with E-state index in [4.69, 9.17) is 4.98 Å². The van der Waals surface area contributed by atoms with E-state index in [2.05, 4.69) is 136 Å². The van der Waals surface area contributed by atoms with Crippen molar-refractivity contribution in [1.29, 1.82) is 0 Å². The number of benzene rings is 6. The number of fused-ring (bicyclic) bond motifs is 16. The van der Waals surface area contributed by atoms with Gasteiger partial charge in [0.1, 0.15) is 5.65 Å². The molecule has 190 valence electrons. The van der Waals surface area contributed by atoms with Crippen LogP contribution >= 0.6 is 11.3 Å². The molecule has 4 heteroatoms. The van der Waals surface area contributed by atoms with Crippen LogP contribution < -0.4 is 0 Å². The Hall–Kier alpha value is -5.19. The molecule has 10 aromatic rings. The van der Waals surface area contributed by atoms with Crippen molar-refractivity contribution < 1.29 is 0 Å². The van der Waals surface area contributed by atoms with E-state index in [9.17, 15) is 0 Å². The summed E-state index contributed by atoms with van der Waals surface area (Å²) in [4.78, 5) is 5.21. The van der Waals surface area contributed by atoms with Crippen LogP contribution in [0.15, 0.2) is 127 Å². The number of para-hydroxylation sites is 4. The Bertz CT molecular complexity index is 2690. The molecule has 0 radical (unpaired) electrons. The first-order valence-corrected chi connectivity index (χ1v) is 14.7. The highest BCUT2D eigenvalue weighted by molar-refractivity contribution is 7.26. The van der Waals surface area contributed by atoms with Crippen LogP contribution in [0.25, 0.3) is 86.0 Å². The van der Waals surface area contributed by atoms with Gasteiger partial charge in [0.15, 0.2) is 0 Å². The summed E-state index contributed by atoms with van der Waals surface area (Å²) in [6.07, 6.45) is 0. The van der Waals surface area contributed by atoms with Crippen LogP contribution in [-0.4, -0.2) is 14.0 Å². The Kier molecular flexibility index (Phi) is 4.07. The fourth-order valence-electron chi connectivity index (χ4n) is 7.02. The molecule has 10 rings (SSSR count). The average molecular weight is 540 g/mol. The lowest BCUT2D eigenvalue weighted by Crippen LogP contribution is -1.95. The van der Waals surface area contributed by atoms with Gasteiger partial charge in [-0.05, 0) is 54.6 Å². The Balaban J connectivity index is 1.57. The van der Waals surface area contributed by atoms with Gasteiger partial charge in [-0.15, -0.1) is 11.3 Å². The summed E-state index contributed by atoms with van der Waals surface area (Å²) in [5.41, 5.74) is 7.96. The summed E-state index contributed by atoms with van der Waals surface area (Å²) >= 11 is 1.89. The maximum atomic E-state index is 5.21. The minimum atomic E-state index is 1.01. The molecule has 0 saturated carbocycles. The van der Waals surface area contributed by atoms with E-state index in [0.29, 0.717) is 0 Å². The highest BCUT2D eigenvalue weighted by atomic mass is 32.1. The monoisotopic (exact) mass is 539 g/mol. The number of aromatic nitrogens is 3. The molecule has 0 spiro atoms. The van der Waals surface area contributed by atoms with Crippen LogP contribution in [-0.2, 0) is 0 Å². The van der Waals surface area contributed by atoms with Crippen LogP contribution in [0.1, 0.15) is 0 Å². The first-order chi connectivity index (χ1) is 20.4. The molecule has 41 heavy (non-hydrogen) atoms. The molecule has 0 fully saturated rings. The Morgan fingerprint density at radius 2 is 1.17 bits per heavy atom. The second-order valence-corrected chi connectivity index (χ2v) is 11.8. The van der Waals surface area contributed by atoms with E-state index in [1.807, 2.05) is 11.3 Å². The lowest BCUT2D eigenvalue weighted by molar-refractivity contribution is 1.18. The predicted octanol–water partition coefficient (Wildman–Crippen LogP) is 10.3. The molecule has 0 amide bonds. The van der Waals surface area contributed by atoms with Crippen LogP contribution in [0, 0.1) is 0 Å². The number of nitrogens with zero attached hydrogens (tertiary/aromatic N) is 3. The Morgan fingerprint density at radius 1 is 0.463 bits per heavy atom. The van der Waals surface area contributed by atoms with Gasteiger partial charge < -0.3 is 4.57 Å². The molecule has 0 aliphatic rings. The zero-order valence-electron chi connectivity index (χ0n) is 21.9. The third-order valence-electron chi connectivity index (χ3n) is 8.67. The van der Waals surface area contributed by atoms with Gasteiger partial charge in [0, 0.05) is 52.8 Å². The fourth-order valence-corrected chi connectivity index (χ4v) is 8.27. The van der Waals surface area contributed by atoms with Crippen LogP contribution in [0.5, 0.6) is 0 Å². The highest BCUT2D eigenvalue weighted by Crippen LogP contribution is 2.46. The molecule has 4 heterocycles. The molecular weight excluding hydrogens is 518 g/mol. The largest absolute Gasteiger partial charge is 0.309 e. The van der Waals surface area contributed by atoms with Crippen molar-refractivity contribution in [1.82, 2.24) is 14.0 Å². The number of thiophene rings is 1. The SMILES string of the molecule is c1ccc(-n2c3ccccc3c3c4c5c(ccc6c7ccccc7sc65)c5nc6ccccc6n5c4ccc32)cc1. The van der Waals surface area contributed by atoms with Crippen LogP contribution in [0.4, 0.5) is 0 Å². The maximum Gasteiger partial charge on any atom is 0.146 e. The third-order valence-corrected chi connectivity index (χ3v) is 9.87. The summed E-state index contributed by atoms with van der Waals surface area (Å²) in [6, 6.07) is 46.1. The molecule has 0 bridgehead atoms. The van der Waals surface area contributed by atoms with Crippen LogP contribution in [0.3, 0.4) is 0 Å². The van der Waals surface area contributed by atoms with E-state index in [-0.39, 0.29) is 0 Å². The van der Waals surface area contributed by atoms with Crippen molar-refractivity contribution in [3.63, 3.8) is 0 Å². The molecule has 4 aromatic heterocycles. The number of hydrogen-bond donors (Lipinski definition) is 0. The van der Waals surface area contributed by atoms with Crippen molar-refractivity contribution in [3.8, 4) is 5.69 Å². The zero-order valence-corrected chi connectivity index (χ0v) is 22.7. The number of hydrogen-bond acceptors (Lipinski definition) is 2. The van der Waals surface area contributed by atoms with E-state index < -0.39 is 0 Å². The molecular formula is C37H21N3S. The summed E-state index contributed by atoms with van der Waals surface area (Å²) in [5, 5.41) is 8.95. The quantitative estimate of drug-likeness (QED) is 0.190. The molecule has 0 N–H and O–H groups in total. The van der Waals surface area contributed by atoms with Crippen molar-refractivity contribution in [2.75, 3.05) is 0 Å². The summed E-state index contributed by atoms with van der Waals surface area (Å²) in [5.74, 6) is 0. The van der Waals surface area contributed by atoms with Gasteiger partial charge in [0.2, 0.25) is 0 Å². The van der Waals surface area contributed by atoms with Gasteiger partial charge in [-0.1, -0.05) is 72.8 Å². The maximum absolute atomic E-state index is 5.21. The zero-order chi connectivity index (χ0) is 26.7. The summed E-state index contributed by atoms with van der Waals surface area (Å²) in [6.45, 7) is 0. The number of imidazole rings is 1. The second kappa shape index (κ2) is 7.72. The molecule has 0 saturated heterocycles. The van der Waals surface area contributed by atoms with Gasteiger partial charge >= 0.3 is 0 Å². The fraction of sp³-hybridized carbons (Fsp3) is 0. The van der Waals surface area contributed by atoms with Gasteiger partial charge in [0.25, 0.3) is 0 Å². The molecule has 0 atom stereocenters. The van der Waals surface area contributed by atoms with Gasteiger partial charge in [-0.3, -0.25) is 4.40 Å². The Labute approximate surface area is 238 Å². The minimum absolute atomic E-state index is 1.01. The first-order valence-electron chi connectivity index (χ1n) is 13.9. The third kappa shape index (κ3) is 2.70. The first kappa shape index (κ1) is 21.6. The average Bonchev–Trinajstić information content (AvgIpc) is 3.71. The lowest BCUT2D eigenvalue weighted by atomic mass is 9.99. The van der Waals surface area contributed by atoms with Crippen molar-refractivity contribution in [2.45, 2.75) is 0 Å². The van der Waals surface area contributed by atoms with Crippen molar-refractivity contribution in [3.05, 3.63) is 127 Å². The van der Waals surface area contributed by atoms with E-state index in [1.54, 1.807) is 0 Å². The van der Waals surface area contributed by atoms with Gasteiger partial charge in [-0.2, -0.15) is 0 Å².